The van der Waals surface area contributed by atoms with Crippen molar-refractivity contribution in [2.45, 2.75) is 50.8 Å². The molecular formula is C26H30O9. The van der Waals surface area contributed by atoms with Gasteiger partial charge in [-0.25, -0.2) is 9.59 Å². The minimum atomic E-state index is -1.13. The summed E-state index contributed by atoms with van der Waals surface area (Å²) in [4.78, 5) is 36.6. The second-order valence-corrected chi connectivity index (χ2v) is 8.00. The summed E-state index contributed by atoms with van der Waals surface area (Å²) in [6, 6.07) is 15.9. The van der Waals surface area contributed by atoms with Crippen LogP contribution in [0.2, 0.25) is 0 Å². The summed E-state index contributed by atoms with van der Waals surface area (Å²) in [6.07, 6.45) is -2.91. The van der Waals surface area contributed by atoms with E-state index in [9.17, 15) is 14.4 Å². The van der Waals surface area contributed by atoms with Gasteiger partial charge in [0.2, 0.25) is 0 Å². The van der Waals surface area contributed by atoms with Crippen molar-refractivity contribution in [3.8, 4) is 5.75 Å². The van der Waals surface area contributed by atoms with Crippen LogP contribution in [0.1, 0.15) is 35.7 Å². The van der Waals surface area contributed by atoms with Gasteiger partial charge in [0, 0.05) is 19.8 Å². The predicted octanol–water partition coefficient (Wildman–Crippen LogP) is 3.09. The van der Waals surface area contributed by atoms with E-state index in [0.29, 0.717) is 18.6 Å². The van der Waals surface area contributed by atoms with Crippen molar-refractivity contribution in [1.29, 1.82) is 0 Å². The van der Waals surface area contributed by atoms with Crippen LogP contribution in [0.15, 0.2) is 54.6 Å². The molecular weight excluding hydrogens is 456 g/mol. The molecule has 2 aromatic rings. The van der Waals surface area contributed by atoms with Crippen molar-refractivity contribution in [1.82, 2.24) is 0 Å². The average molecular weight is 487 g/mol. The first-order chi connectivity index (χ1) is 16.9. The molecule has 0 bridgehead atoms. The molecule has 0 amide bonds. The van der Waals surface area contributed by atoms with E-state index < -0.39 is 42.3 Å². The van der Waals surface area contributed by atoms with Gasteiger partial charge in [-0.2, -0.15) is 0 Å². The molecule has 4 atom stereocenters. The second-order valence-electron chi connectivity index (χ2n) is 8.00. The van der Waals surface area contributed by atoms with Crippen molar-refractivity contribution in [2.75, 3.05) is 20.8 Å². The molecule has 1 aliphatic heterocycles. The summed E-state index contributed by atoms with van der Waals surface area (Å²) in [5.74, 6) is -0.992. The number of esters is 3. The first-order valence-corrected chi connectivity index (χ1v) is 11.3. The van der Waals surface area contributed by atoms with Crippen molar-refractivity contribution >= 4 is 17.9 Å². The number of hydrogen-bond donors (Lipinski definition) is 0. The summed E-state index contributed by atoms with van der Waals surface area (Å²) in [7, 11) is 2.83. The highest BCUT2D eigenvalue weighted by Gasteiger charge is 2.46. The number of carbonyl (C=O) groups is 3. The lowest BCUT2D eigenvalue weighted by molar-refractivity contribution is -0.165. The fourth-order valence-electron chi connectivity index (χ4n) is 3.78. The molecule has 0 N–H and O–H groups in total. The first-order valence-electron chi connectivity index (χ1n) is 11.3. The third-order valence-corrected chi connectivity index (χ3v) is 5.53. The minimum absolute atomic E-state index is 0.161. The molecule has 2 aromatic carbocycles. The second kappa shape index (κ2) is 12.9. The van der Waals surface area contributed by atoms with Crippen molar-refractivity contribution in [2.24, 2.45) is 0 Å². The van der Waals surface area contributed by atoms with E-state index in [-0.39, 0.29) is 13.0 Å². The zero-order valence-corrected chi connectivity index (χ0v) is 20.0. The van der Waals surface area contributed by atoms with Gasteiger partial charge in [-0.15, -0.1) is 0 Å². The molecule has 1 heterocycles. The Morgan fingerprint density at radius 2 is 1.74 bits per heavy atom. The number of hydrogen-bond acceptors (Lipinski definition) is 9. The van der Waals surface area contributed by atoms with Gasteiger partial charge in [0.15, 0.2) is 6.10 Å². The van der Waals surface area contributed by atoms with E-state index in [4.69, 9.17) is 28.4 Å². The average Bonchev–Trinajstić information content (AvgIpc) is 3.29. The topological polar surface area (TPSA) is 107 Å². The molecule has 0 aromatic heterocycles. The SMILES string of the molecule is COC(=O)[C@@H]1O[C@H]([C@@H](CCOCc2ccc(OC)cc2)OC(C)=O)C[C@@H]1OC(=O)c1ccccc1. The fourth-order valence-corrected chi connectivity index (χ4v) is 3.78. The van der Waals surface area contributed by atoms with Gasteiger partial charge >= 0.3 is 17.9 Å². The van der Waals surface area contributed by atoms with Gasteiger partial charge in [0.1, 0.15) is 18.0 Å². The normalized spacial score (nSPS) is 20.0. The highest BCUT2D eigenvalue weighted by molar-refractivity contribution is 5.89. The number of carbonyl (C=O) groups excluding carboxylic acids is 3. The Labute approximate surface area is 204 Å². The van der Waals surface area contributed by atoms with Gasteiger partial charge in [-0.05, 0) is 29.8 Å². The lowest BCUT2D eigenvalue weighted by Gasteiger charge is -2.23. The van der Waals surface area contributed by atoms with Crippen LogP contribution in [0, 0.1) is 0 Å². The Morgan fingerprint density at radius 3 is 2.37 bits per heavy atom. The van der Waals surface area contributed by atoms with Crippen molar-refractivity contribution in [3.05, 3.63) is 65.7 Å². The number of rotatable bonds is 11. The smallest absolute Gasteiger partial charge is 0.338 e. The molecule has 0 saturated carbocycles. The molecule has 3 rings (SSSR count). The molecule has 35 heavy (non-hydrogen) atoms. The van der Waals surface area contributed by atoms with Gasteiger partial charge < -0.3 is 28.4 Å². The molecule has 0 spiro atoms. The van der Waals surface area contributed by atoms with Crippen LogP contribution in [0.4, 0.5) is 0 Å². The number of benzene rings is 2. The molecule has 0 radical (unpaired) electrons. The molecule has 9 nitrogen and oxygen atoms in total. The van der Waals surface area contributed by atoms with Crippen LogP contribution in [-0.2, 0) is 39.9 Å². The Balaban J connectivity index is 1.61. The van der Waals surface area contributed by atoms with Crippen LogP contribution in [0.3, 0.4) is 0 Å². The van der Waals surface area contributed by atoms with Crippen LogP contribution < -0.4 is 4.74 Å². The van der Waals surface area contributed by atoms with E-state index in [1.165, 1.54) is 14.0 Å². The van der Waals surface area contributed by atoms with E-state index in [0.717, 1.165) is 11.3 Å². The summed E-state index contributed by atoms with van der Waals surface area (Å²) in [6.45, 7) is 1.94. The van der Waals surface area contributed by atoms with Crippen molar-refractivity contribution in [3.63, 3.8) is 0 Å². The van der Waals surface area contributed by atoms with Crippen LogP contribution in [0.25, 0.3) is 0 Å². The van der Waals surface area contributed by atoms with E-state index in [2.05, 4.69) is 0 Å². The van der Waals surface area contributed by atoms with Gasteiger partial charge in [-0.1, -0.05) is 30.3 Å². The highest BCUT2D eigenvalue weighted by Crippen LogP contribution is 2.30. The maximum Gasteiger partial charge on any atom is 0.338 e. The quantitative estimate of drug-likeness (QED) is 0.269. The van der Waals surface area contributed by atoms with Gasteiger partial charge in [0.05, 0.1) is 39.1 Å². The van der Waals surface area contributed by atoms with Crippen LogP contribution >= 0.6 is 0 Å². The Hall–Kier alpha value is -3.43. The maximum absolute atomic E-state index is 12.6. The molecule has 9 heteroatoms. The molecule has 0 aliphatic carbocycles. The lowest BCUT2D eigenvalue weighted by Crippen LogP contribution is -2.35. The molecule has 0 unspecified atom stereocenters. The Bertz CT molecular complexity index is 974. The number of ether oxygens (including phenoxy) is 6. The van der Waals surface area contributed by atoms with E-state index in [1.54, 1.807) is 37.4 Å². The minimum Gasteiger partial charge on any atom is -0.497 e. The molecule has 1 aliphatic rings. The molecule has 1 saturated heterocycles. The summed E-state index contributed by atoms with van der Waals surface area (Å²) >= 11 is 0. The monoisotopic (exact) mass is 486 g/mol. The standard InChI is InChI=1S/C26H30O9/c1-17(27)33-21(13-14-32-16-18-9-11-20(30-2)12-10-18)22-15-23(24(34-22)26(29)31-3)35-25(28)19-7-5-4-6-8-19/h4-12,21-24H,13-16H2,1-3H3/t21-,22+,23+,24-/m1/s1. The maximum atomic E-state index is 12.6. The van der Waals surface area contributed by atoms with E-state index >= 15 is 0 Å². The summed E-state index contributed by atoms with van der Waals surface area (Å²) < 4.78 is 32.6. The van der Waals surface area contributed by atoms with Crippen LogP contribution in [-0.4, -0.2) is 63.2 Å². The summed E-state index contributed by atoms with van der Waals surface area (Å²) in [5.41, 5.74) is 1.31. The van der Waals surface area contributed by atoms with Gasteiger partial charge in [-0.3, -0.25) is 4.79 Å². The van der Waals surface area contributed by atoms with Crippen molar-refractivity contribution < 1.29 is 42.8 Å². The Kier molecular flexibility index (Phi) is 9.63. The Morgan fingerprint density at radius 1 is 1.03 bits per heavy atom. The zero-order chi connectivity index (χ0) is 25.2. The summed E-state index contributed by atoms with van der Waals surface area (Å²) in [5, 5.41) is 0. The lowest BCUT2D eigenvalue weighted by atomic mass is 10.0. The highest BCUT2D eigenvalue weighted by atomic mass is 16.6. The third-order valence-electron chi connectivity index (χ3n) is 5.53. The third kappa shape index (κ3) is 7.53. The van der Waals surface area contributed by atoms with E-state index in [1.807, 2.05) is 24.3 Å². The zero-order valence-electron chi connectivity index (χ0n) is 20.0. The first kappa shape index (κ1) is 26.2. The largest absolute Gasteiger partial charge is 0.497 e. The molecule has 188 valence electrons. The molecule has 1 fully saturated rings. The number of methoxy groups -OCH3 is 2. The predicted molar refractivity (Wildman–Crippen MR) is 124 cm³/mol. The van der Waals surface area contributed by atoms with Gasteiger partial charge in [0.25, 0.3) is 0 Å². The fraction of sp³-hybridized carbons (Fsp3) is 0.423. The van der Waals surface area contributed by atoms with Crippen LogP contribution in [0.5, 0.6) is 5.75 Å².